The lowest BCUT2D eigenvalue weighted by Gasteiger charge is -2.20. The van der Waals surface area contributed by atoms with Crippen LogP contribution in [-0.2, 0) is 11.0 Å². The molecule has 0 bridgehead atoms. The number of esters is 1. The Hall–Kier alpha value is -3.79. The summed E-state index contributed by atoms with van der Waals surface area (Å²) in [7, 11) is 0. The second-order valence-electron chi connectivity index (χ2n) is 8.84. The van der Waals surface area contributed by atoms with Crippen LogP contribution in [0.15, 0.2) is 65.1 Å². The van der Waals surface area contributed by atoms with Crippen LogP contribution in [-0.4, -0.2) is 16.9 Å². The zero-order chi connectivity index (χ0) is 28.3. The largest absolute Gasteiger partial charge is 0.424 e. The highest BCUT2D eigenvalue weighted by Gasteiger charge is 2.37. The third-order valence-electron chi connectivity index (χ3n) is 6.03. The van der Waals surface area contributed by atoms with E-state index < -0.39 is 40.9 Å². The highest BCUT2D eigenvalue weighted by Crippen LogP contribution is 2.42. The molecule has 10 heteroatoms. The Morgan fingerprint density at radius 1 is 1.05 bits per heavy atom. The molecule has 202 valence electrons. The van der Waals surface area contributed by atoms with Crippen LogP contribution in [0.2, 0.25) is 0 Å². The van der Waals surface area contributed by atoms with Crippen molar-refractivity contribution in [2.75, 3.05) is 5.32 Å². The van der Waals surface area contributed by atoms with Crippen molar-refractivity contribution < 1.29 is 31.9 Å². The van der Waals surface area contributed by atoms with E-state index in [9.17, 15) is 27.2 Å². The number of alkyl halides is 3. The van der Waals surface area contributed by atoms with Gasteiger partial charge in [0.2, 0.25) is 0 Å². The number of nitrogens with zero attached hydrogens (tertiary/aromatic N) is 1. The van der Waals surface area contributed by atoms with Crippen molar-refractivity contribution in [1.29, 1.82) is 0 Å². The summed E-state index contributed by atoms with van der Waals surface area (Å²) in [5, 5.41) is 2.66. The first-order valence-electron chi connectivity index (χ1n) is 12.1. The fourth-order valence-electron chi connectivity index (χ4n) is 4.19. The molecule has 1 aromatic heterocycles. The number of rotatable bonds is 7. The van der Waals surface area contributed by atoms with Crippen LogP contribution in [0.3, 0.4) is 0 Å². The minimum atomic E-state index is -5.05. The maximum absolute atomic E-state index is 14.2. The Balaban J connectivity index is 1.89. The van der Waals surface area contributed by atoms with Crippen molar-refractivity contribution in [2.24, 2.45) is 0 Å². The van der Waals surface area contributed by atoms with Crippen molar-refractivity contribution in [2.45, 2.75) is 39.3 Å². The smallest absolute Gasteiger partial charge is 0.418 e. The van der Waals surface area contributed by atoms with Crippen molar-refractivity contribution in [3.63, 3.8) is 0 Å². The molecule has 0 unspecified atom stereocenters. The summed E-state index contributed by atoms with van der Waals surface area (Å²) in [5.74, 6) is -3.73. The average molecular weight is 603 g/mol. The van der Waals surface area contributed by atoms with E-state index in [0.29, 0.717) is 51.1 Å². The number of carbonyl (C=O) groups is 2. The molecule has 4 rings (SSSR count). The number of hydrogen-bond acceptors (Lipinski definition) is 4. The van der Waals surface area contributed by atoms with E-state index >= 15 is 0 Å². The Labute approximate surface area is 230 Å². The van der Waals surface area contributed by atoms with Crippen LogP contribution in [0.1, 0.15) is 47.7 Å². The number of unbranched alkanes of at least 4 members (excludes halogenated alkanes) is 1. The van der Waals surface area contributed by atoms with E-state index in [2.05, 4.69) is 21.2 Å². The third kappa shape index (κ3) is 6.27. The summed E-state index contributed by atoms with van der Waals surface area (Å²) in [6, 6.07) is 15.0. The molecule has 0 atom stereocenters. The molecule has 1 heterocycles. The highest BCUT2D eigenvalue weighted by molar-refractivity contribution is 9.10. The minimum absolute atomic E-state index is 0.0702. The van der Waals surface area contributed by atoms with Gasteiger partial charge in [-0.3, -0.25) is 9.59 Å². The lowest BCUT2D eigenvalue weighted by molar-refractivity contribution is -0.138. The van der Waals surface area contributed by atoms with E-state index in [-0.39, 0.29) is 18.1 Å². The fourth-order valence-corrected chi connectivity index (χ4v) is 4.55. The van der Waals surface area contributed by atoms with Gasteiger partial charge < -0.3 is 10.1 Å². The van der Waals surface area contributed by atoms with Gasteiger partial charge in [0.25, 0.3) is 5.91 Å². The average Bonchev–Trinajstić information content (AvgIpc) is 2.88. The molecule has 0 radical (unpaired) electrons. The molecular formula is C29H23BrF4N2O3. The van der Waals surface area contributed by atoms with E-state index in [1.165, 1.54) is 0 Å². The lowest BCUT2D eigenvalue weighted by atomic mass is 9.97. The number of nitrogens with one attached hydrogen (secondary N) is 1. The first kappa shape index (κ1) is 28.2. The number of anilines is 1. The zero-order valence-corrected chi connectivity index (χ0v) is 22.5. The zero-order valence-electron chi connectivity index (χ0n) is 21.0. The van der Waals surface area contributed by atoms with Gasteiger partial charge >= 0.3 is 12.1 Å². The SMILES string of the molecule is CCCCC(=O)Oc1cc(F)cc(C(F)(F)F)c1NC(=O)c1c(C)c(-c2ccccc2)nc2ccc(Br)cc12. The van der Waals surface area contributed by atoms with E-state index in [4.69, 9.17) is 9.72 Å². The molecule has 1 N–H and O–H groups in total. The molecule has 39 heavy (non-hydrogen) atoms. The van der Waals surface area contributed by atoms with E-state index in [0.717, 1.165) is 0 Å². The molecule has 5 nitrogen and oxygen atoms in total. The number of benzene rings is 3. The molecule has 0 saturated carbocycles. The first-order chi connectivity index (χ1) is 18.5. The fraction of sp³-hybridized carbons (Fsp3) is 0.207. The number of carbonyl (C=O) groups excluding carboxylic acids is 2. The topological polar surface area (TPSA) is 68.3 Å². The normalized spacial score (nSPS) is 11.5. The van der Waals surface area contributed by atoms with Crippen LogP contribution < -0.4 is 10.1 Å². The molecule has 0 spiro atoms. The van der Waals surface area contributed by atoms with Gasteiger partial charge in [-0.2, -0.15) is 13.2 Å². The Morgan fingerprint density at radius 3 is 2.44 bits per heavy atom. The summed E-state index contributed by atoms with van der Waals surface area (Å²) >= 11 is 3.37. The first-order valence-corrected chi connectivity index (χ1v) is 12.9. The van der Waals surface area contributed by atoms with Gasteiger partial charge in [-0.05, 0) is 43.2 Å². The summed E-state index contributed by atoms with van der Waals surface area (Å²) < 4.78 is 62.0. The number of hydrogen-bond donors (Lipinski definition) is 1. The van der Waals surface area contributed by atoms with Gasteiger partial charge in [0.05, 0.1) is 28.0 Å². The second-order valence-corrected chi connectivity index (χ2v) is 9.76. The van der Waals surface area contributed by atoms with Crippen LogP contribution >= 0.6 is 15.9 Å². The monoisotopic (exact) mass is 602 g/mol. The third-order valence-corrected chi connectivity index (χ3v) is 6.53. The second kappa shape index (κ2) is 11.5. The molecular weight excluding hydrogens is 580 g/mol. The number of pyridine rings is 1. The van der Waals surface area contributed by atoms with Crippen LogP contribution in [0, 0.1) is 12.7 Å². The van der Waals surface area contributed by atoms with Crippen molar-refractivity contribution in [1.82, 2.24) is 4.98 Å². The maximum Gasteiger partial charge on any atom is 0.418 e. The van der Waals surface area contributed by atoms with Crippen LogP contribution in [0.4, 0.5) is 23.2 Å². The highest BCUT2D eigenvalue weighted by atomic mass is 79.9. The Kier molecular flexibility index (Phi) is 8.34. The van der Waals surface area contributed by atoms with Crippen molar-refractivity contribution in [3.05, 3.63) is 87.6 Å². The van der Waals surface area contributed by atoms with Crippen LogP contribution in [0.25, 0.3) is 22.2 Å². The van der Waals surface area contributed by atoms with Gasteiger partial charge in [0, 0.05) is 27.9 Å². The van der Waals surface area contributed by atoms with Gasteiger partial charge in [-0.25, -0.2) is 9.37 Å². The van der Waals surface area contributed by atoms with Gasteiger partial charge in [-0.15, -0.1) is 0 Å². The number of fused-ring (bicyclic) bond motifs is 1. The molecule has 0 saturated heterocycles. The van der Waals surface area contributed by atoms with Crippen molar-refractivity contribution in [3.8, 4) is 17.0 Å². The Bertz CT molecular complexity index is 1560. The summed E-state index contributed by atoms with van der Waals surface area (Å²) in [4.78, 5) is 30.7. The molecule has 0 fully saturated rings. The number of amides is 1. The Morgan fingerprint density at radius 2 is 1.77 bits per heavy atom. The molecule has 0 aliphatic rings. The quantitative estimate of drug-likeness (QED) is 0.131. The van der Waals surface area contributed by atoms with Crippen LogP contribution in [0.5, 0.6) is 5.75 Å². The molecule has 0 aliphatic carbocycles. The van der Waals surface area contributed by atoms with E-state index in [1.54, 1.807) is 49.4 Å². The van der Waals surface area contributed by atoms with Gasteiger partial charge in [0.1, 0.15) is 5.82 Å². The predicted octanol–water partition coefficient (Wildman–Crippen LogP) is 8.48. The predicted molar refractivity (Wildman–Crippen MR) is 144 cm³/mol. The molecule has 4 aromatic rings. The molecule has 1 amide bonds. The minimum Gasteiger partial charge on any atom is -0.424 e. The van der Waals surface area contributed by atoms with E-state index in [1.807, 2.05) is 13.0 Å². The number of ether oxygens (including phenoxy) is 1. The maximum atomic E-state index is 14.2. The number of halogens is 5. The summed E-state index contributed by atoms with van der Waals surface area (Å²) in [5.41, 5.74) is -0.223. The lowest BCUT2D eigenvalue weighted by Crippen LogP contribution is -2.21. The summed E-state index contributed by atoms with van der Waals surface area (Å²) in [6.07, 6.45) is -4.06. The summed E-state index contributed by atoms with van der Waals surface area (Å²) in [6.45, 7) is 3.47. The van der Waals surface area contributed by atoms with Gasteiger partial charge in [0.15, 0.2) is 5.75 Å². The van der Waals surface area contributed by atoms with Gasteiger partial charge in [-0.1, -0.05) is 59.6 Å². The molecule has 0 aliphatic heterocycles. The number of aromatic nitrogens is 1. The van der Waals surface area contributed by atoms with Crippen molar-refractivity contribution >= 4 is 44.4 Å². The standard InChI is InChI=1S/C29H23BrF4N2O3/c1-3-4-10-24(37)39-23-15-19(31)14-21(29(32,33)34)27(23)36-28(38)25-16(2)26(17-8-6-5-7-9-17)35-22-12-11-18(30)13-20(22)25/h5-9,11-15H,3-4,10H2,1-2H3,(H,36,38). The molecule has 3 aromatic carbocycles.